The molecule has 0 N–H and O–H groups in total. The Labute approximate surface area is 128 Å². The third-order valence-electron chi connectivity index (χ3n) is 2.58. The second kappa shape index (κ2) is 7.27. The summed E-state index contributed by atoms with van der Waals surface area (Å²) in [6, 6.07) is 12.7. The lowest BCUT2D eigenvalue weighted by molar-refractivity contribution is 0.211. The molecule has 2 aromatic carbocycles. The van der Waals surface area contributed by atoms with Crippen LogP contribution in [0, 0.1) is 0 Å². The molecule has 0 radical (unpaired) electrons. The summed E-state index contributed by atoms with van der Waals surface area (Å²) in [5.41, 5.74) is 0. The summed E-state index contributed by atoms with van der Waals surface area (Å²) in [7, 11) is 1.60. The van der Waals surface area contributed by atoms with Crippen LogP contribution in [-0.2, 0) is 0 Å². The first-order valence-corrected chi connectivity index (χ1v) is 6.80. The molecule has 0 saturated carbocycles. The molecule has 20 heavy (non-hydrogen) atoms. The molecule has 0 atom stereocenters. The van der Waals surface area contributed by atoms with Crippen molar-refractivity contribution in [2.75, 3.05) is 20.3 Å². The van der Waals surface area contributed by atoms with E-state index in [2.05, 4.69) is 0 Å². The Morgan fingerprint density at radius 3 is 2.10 bits per heavy atom. The van der Waals surface area contributed by atoms with Gasteiger partial charge in [-0.05, 0) is 24.3 Å². The molecule has 0 saturated heterocycles. The molecule has 0 spiro atoms. The Morgan fingerprint density at radius 1 is 0.800 bits per heavy atom. The number of hydrogen-bond acceptors (Lipinski definition) is 3. The van der Waals surface area contributed by atoms with Gasteiger partial charge in [0.2, 0.25) is 0 Å². The lowest BCUT2D eigenvalue weighted by Gasteiger charge is -2.12. The van der Waals surface area contributed by atoms with Gasteiger partial charge in [0, 0.05) is 0 Å². The zero-order valence-electron chi connectivity index (χ0n) is 10.9. The number of methoxy groups -OCH3 is 1. The SMILES string of the molecule is COc1ccccc1OCCOc1cccc(Cl)c1Cl. The van der Waals surface area contributed by atoms with Crippen molar-refractivity contribution in [3.05, 3.63) is 52.5 Å². The van der Waals surface area contributed by atoms with E-state index in [1.807, 2.05) is 24.3 Å². The van der Waals surface area contributed by atoms with E-state index in [1.54, 1.807) is 25.3 Å². The van der Waals surface area contributed by atoms with Crippen LogP contribution in [0.25, 0.3) is 0 Å². The van der Waals surface area contributed by atoms with Crippen LogP contribution >= 0.6 is 23.2 Å². The molecular formula is C15H14Cl2O3. The maximum Gasteiger partial charge on any atom is 0.161 e. The Hall–Kier alpha value is -1.58. The largest absolute Gasteiger partial charge is 0.493 e. The van der Waals surface area contributed by atoms with E-state index in [-0.39, 0.29) is 0 Å². The number of hydrogen-bond donors (Lipinski definition) is 0. The van der Waals surface area contributed by atoms with Crippen LogP contribution in [0.3, 0.4) is 0 Å². The highest BCUT2D eigenvalue weighted by atomic mass is 35.5. The highest BCUT2D eigenvalue weighted by Crippen LogP contribution is 2.31. The van der Waals surface area contributed by atoms with E-state index in [4.69, 9.17) is 37.4 Å². The van der Waals surface area contributed by atoms with Crippen LogP contribution in [0.5, 0.6) is 17.2 Å². The topological polar surface area (TPSA) is 27.7 Å². The fourth-order valence-electron chi connectivity index (χ4n) is 1.64. The summed E-state index contributed by atoms with van der Waals surface area (Å²) in [5, 5.41) is 0.876. The van der Waals surface area contributed by atoms with Crippen molar-refractivity contribution in [1.82, 2.24) is 0 Å². The van der Waals surface area contributed by atoms with Gasteiger partial charge in [-0.2, -0.15) is 0 Å². The molecule has 0 aliphatic heterocycles. The number of ether oxygens (including phenoxy) is 3. The molecule has 3 nitrogen and oxygen atoms in total. The van der Waals surface area contributed by atoms with Crippen LogP contribution in [0.15, 0.2) is 42.5 Å². The second-order valence-corrected chi connectivity index (χ2v) is 4.68. The maximum atomic E-state index is 6.02. The van der Waals surface area contributed by atoms with Crippen LogP contribution in [0.2, 0.25) is 10.0 Å². The van der Waals surface area contributed by atoms with Crippen molar-refractivity contribution in [1.29, 1.82) is 0 Å². The van der Waals surface area contributed by atoms with Gasteiger partial charge in [0.1, 0.15) is 24.0 Å². The normalized spacial score (nSPS) is 10.2. The molecule has 0 amide bonds. The lowest BCUT2D eigenvalue weighted by atomic mass is 10.3. The molecule has 0 fully saturated rings. The standard InChI is InChI=1S/C15H14Cl2O3/c1-18-12-6-2-3-7-13(12)19-9-10-20-14-8-4-5-11(16)15(14)17/h2-8H,9-10H2,1H3. The molecule has 0 aliphatic carbocycles. The molecule has 0 heterocycles. The van der Waals surface area contributed by atoms with Gasteiger partial charge in [0.05, 0.1) is 12.1 Å². The number of benzene rings is 2. The average Bonchev–Trinajstić information content (AvgIpc) is 2.48. The predicted octanol–water partition coefficient (Wildman–Crippen LogP) is 4.46. The predicted molar refractivity (Wildman–Crippen MR) is 80.4 cm³/mol. The van der Waals surface area contributed by atoms with Crippen LogP contribution in [-0.4, -0.2) is 20.3 Å². The fraction of sp³-hybridized carbons (Fsp3) is 0.200. The average molecular weight is 313 g/mol. The Kier molecular flexibility index (Phi) is 5.39. The molecule has 106 valence electrons. The summed E-state index contributed by atoms with van der Waals surface area (Å²) in [6.07, 6.45) is 0. The van der Waals surface area contributed by atoms with Crippen LogP contribution in [0.4, 0.5) is 0 Å². The molecule has 5 heteroatoms. The number of para-hydroxylation sites is 2. The summed E-state index contributed by atoms with van der Waals surface area (Å²) in [5.74, 6) is 1.91. The second-order valence-electron chi connectivity index (χ2n) is 3.90. The molecular weight excluding hydrogens is 299 g/mol. The smallest absolute Gasteiger partial charge is 0.161 e. The van der Waals surface area contributed by atoms with Gasteiger partial charge in [0.15, 0.2) is 11.5 Å². The first kappa shape index (κ1) is 14.8. The first-order valence-electron chi connectivity index (χ1n) is 6.05. The van der Waals surface area contributed by atoms with E-state index in [0.717, 1.165) is 0 Å². The van der Waals surface area contributed by atoms with Gasteiger partial charge in [-0.15, -0.1) is 0 Å². The van der Waals surface area contributed by atoms with Gasteiger partial charge in [-0.25, -0.2) is 0 Å². The zero-order valence-corrected chi connectivity index (χ0v) is 12.4. The van der Waals surface area contributed by atoms with Crippen LogP contribution < -0.4 is 14.2 Å². The van der Waals surface area contributed by atoms with Crippen molar-refractivity contribution in [3.63, 3.8) is 0 Å². The van der Waals surface area contributed by atoms with Crippen molar-refractivity contribution >= 4 is 23.2 Å². The van der Waals surface area contributed by atoms with Crippen molar-refractivity contribution in [2.45, 2.75) is 0 Å². The van der Waals surface area contributed by atoms with E-state index < -0.39 is 0 Å². The van der Waals surface area contributed by atoms with Crippen LogP contribution in [0.1, 0.15) is 0 Å². The molecule has 2 aromatic rings. The van der Waals surface area contributed by atoms with E-state index in [1.165, 1.54) is 0 Å². The van der Waals surface area contributed by atoms with E-state index >= 15 is 0 Å². The Bertz CT molecular complexity index is 573. The number of rotatable bonds is 6. The van der Waals surface area contributed by atoms with Crippen molar-refractivity contribution in [2.24, 2.45) is 0 Å². The van der Waals surface area contributed by atoms with E-state index in [9.17, 15) is 0 Å². The molecule has 2 rings (SSSR count). The van der Waals surface area contributed by atoms with Gasteiger partial charge >= 0.3 is 0 Å². The fourth-order valence-corrected chi connectivity index (χ4v) is 1.98. The quantitative estimate of drug-likeness (QED) is 0.737. The minimum atomic E-state index is 0.359. The maximum absolute atomic E-state index is 6.02. The third kappa shape index (κ3) is 3.71. The summed E-state index contributed by atoms with van der Waals surface area (Å²) in [4.78, 5) is 0. The van der Waals surface area contributed by atoms with Gasteiger partial charge in [0.25, 0.3) is 0 Å². The molecule has 0 aliphatic rings. The molecule has 0 aromatic heterocycles. The molecule has 0 bridgehead atoms. The summed E-state index contributed by atoms with van der Waals surface area (Å²) < 4.78 is 16.3. The zero-order chi connectivity index (χ0) is 14.4. The lowest BCUT2D eigenvalue weighted by Crippen LogP contribution is -2.09. The van der Waals surface area contributed by atoms with Crippen molar-refractivity contribution in [3.8, 4) is 17.2 Å². The van der Waals surface area contributed by atoms with E-state index in [0.29, 0.717) is 40.5 Å². The van der Waals surface area contributed by atoms with Gasteiger partial charge in [-0.1, -0.05) is 41.4 Å². The highest BCUT2D eigenvalue weighted by Gasteiger charge is 2.06. The Morgan fingerprint density at radius 2 is 1.40 bits per heavy atom. The minimum Gasteiger partial charge on any atom is -0.493 e. The minimum absolute atomic E-state index is 0.359. The van der Waals surface area contributed by atoms with Crippen molar-refractivity contribution < 1.29 is 14.2 Å². The van der Waals surface area contributed by atoms with Gasteiger partial charge < -0.3 is 14.2 Å². The first-order chi connectivity index (χ1) is 9.72. The Balaban J connectivity index is 1.86. The number of halogens is 2. The summed E-state index contributed by atoms with van der Waals surface area (Å²) in [6.45, 7) is 0.737. The monoisotopic (exact) mass is 312 g/mol. The molecule has 0 unspecified atom stereocenters. The highest BCUT2D eigenvalue weighted by molar-refractivity contribution is 6.42. The van der Waals surface area contributed by atoms with Gasteiger partial charge in [-0.3, -0.25) is 0 Å². The summed E-state index contributed by atoms with van der Waals surface area (Å²) >= 11 is 11.9. The third-order valence-corrected chi connectivity index (χ3v) is 3.39.